The smallest absolute Gasteiger partial charge is 0.239 e. The first-order valence-electron chi connectivity index (χ1n) is 10.2. The van der Waals surface area contributed by atoms with Gasteiger partial charge in [-0.25, -0.2) is 0 Å². The molecule has 0 radical (unpaired) electrons. The van der Waals surface area contributed by atoms with Crippen LogP contribution in [0.25, 0.3) is 0 Å². The number of carbonyl (C=O) groups is 1. The summed E-state index contributed by atoms with van der Waals surface area (Å²) in [6.07, 6.45) is 7.33. The first-order valence-corrected chi connectivity index (χ1v) is 10.2. The number of rotatable bonds is 7. The quantitative estimate of drug-likeness (QED) is 0.397. The second-order valence-electron chi connectivity index (χ2n) is 7.90. The second kappa shape index (κ2) is 9.04. The Bertz CT molecular complexity index is 510. The molecule has 4 atom stereocenters. The number of hydrogen-bond donors (Lipinski definition) is 2. The third-order valence-corrected chi connectivity index (χ3v) is 5.74. The van der Waals surface area contributed by atoms with Crippen molar-refractivity contribution < 1.29 is 9.53 Å². The van der Waals surface area contributed by atoms with E-state index < -0.39 is 0 Å². The molecule has 0 aromatic carbocycles. The third kappa shape index (κ3) is 4.68. The van der Waals surface area contributed by atoms with Gasteiger partial charge in [0.15, 0.2) is 5.96 Å². The van der Waals surface area contributed by atoms with Crippen molar-refractivity contribution in [3.05, 3.63) is 0 Å². The molecule has 3 rings (SSSR count). The van der Waals surface area contributed by atoms with Crippen LogP contribution in [-0.2, 0) is 9.53 Å². The van der Waals surface area contributed by atoms with Crippen LogP contribution >= 0.6 is 0 Å². The van der Waals surface area contributed by atoms with E-state index in [0.717, 1.165) is 64.2 Å². The Morgan fingerprint density at radius 2 is 2.15 bits per heavy atom. The zero-order chi connectivity index (χ0) is 18.5. The highest BCUT2D eigenvalue weighted by Gasteiger charge is 2.41. The van der Waals surface area contributed by atoms with E-state index in [1.807, 2.05) is 14.1 Å². The highest BCUT2D eigenvalue weighted by atomic mass is 16.5. The van der Waals surface area contributed by atoms with Gasteiger partial charge in [0.25, 0.3) is 0 Å². The highest BCUT2D eigenvalue weighted by Crippen LogP contribution is 2.34. The molecule has 3 saturated heterocycles. The van der Waals surface area contributed by atoms with E-state index >= 15 is 0 Å². The maximum Gasteiger partial charge on any atom is 0.239 e. The van der Waals surface area contributed by atoms with Crippen LogP contribution in [0.3, 0.4) is 0 Å². The van der Waals surface area contributed by atoms with Crippen molar-refractivity contribution in [2.75, 3.05) is 40.3 Å². The Morgan fingerprint density at radius 3 is 2.81 bits per heavy atom. The van der Waals surface area contributed by atoms with E-state index in [-0.39, 0.29) is 11.9 Å². The molecule has 0 saturated carbocycles. The number of fused-ring (bicyclic) bond motifs is 2. The normalized spacial score (nSPS) is 31.4. The van der Waals surface area contributed by atoms with E-state index in [1.165, 1.54) is 6.42 Å². The molecular formula is C19H35N5O2. The number of ether oxygens (including phenoxy) is 1. The van der Waals surface area contributed by atoms with Gasteiger partial charge in [0.05, 0.1) is 24.3 Å². The summed E-state index contributed by atoms with van der Waals surface area (Å²) in [5, 5.41) is 6.91. The molecule has 7 heteroatoms. The average Bonchev–Trinajstić information content (AvgIpc) is 3.34. The Morgan fingerprint density at radius 1 is 1.31 bits per heavy atom. The van der Waals surface area contributed by atoms with Gasteiger partial charge in [-0.05, 0) is 52.0 Å². The van der Waals surface area contributed by atoms with Crippen LogP contribution in [0.4, 0.5) is 0 Å². The lowest BCUT2D eigenvalue weighted by molar-refractivity contribution is -0.133. The minimum Gasteiger partial charge on any atom is -0.373 e. The Labute approximate surface area is 157 Å². The number of likely N-dealkylation sites (tertiary alicyclic amines) is 1. The minimum absolute atomic E-state index is 0.0616. The summed E-state index contributed by atoms with van der Waals surface area (Å²) in [6.45, 7) is 5.69. The molecule has 26 heavy (non-hydrogen) atoms. The lowest BCUT2D eigenvalue weighted by Gasteiger charge is -2.26. The van der Waals surface area contributed by atoms with E-state index in [0.29, 0.717) is 18.2 Å². The van der Waals surface area contributed by atoms with Gasteiger partial charge in [-0.3, -0.25) is 14.7 Å². The van der Waals surface area contributed by atoms with Crippen molar-refractivity contribution in [1.29, 1.82) is 0 Å². The van der Waals surface area contributed by atoms with Crippen LogP contribution in [0.2, 0.25) is 0 Å². The number of hydrogen-bond acceptors (Lipinski definition) is 4. The van der Waals surface area contributed by atoms with Gasteiger partial charge in [0.2, 0.25) is 5.91 Å². The van der Waals surface area contributed by atoms with E-state index in [1.54, 1.807) is 4.90 Å². The predicted octanol–water partition coefficient (Wildman–Crippen LogP) is 0.804. The van der Waals surface area contributed by atoms with Gasteiger partial charge in [0, 0.05) is 33.7 Å². The molecule has 2 N–H and O–H groups in total. The second-order valence-corrected chi connectivity index (χ2v) is 7.90. The van der Waals surface area contributed by atoms with Gasteiger partial charge < -0.3 is 20.3 Å². The van der Waals surface area contributed by atoms with Gasteiger partial charge in [0.1, 0.15) is 0 Å². The first kappa shape index (κ1) is 19.4. The van der Waals surface area contributed by atoms with Gasteiger partial charge in [-0.2, -0.15) is 0 Å². The van der Waals surface area contributed by atoms with Gasteiger partial charge in [-0.1, -0.05) is 0 Å². The molecule has 7 nitrogen and oxygen atoms in total. The van der Waals surface area contributed by atoms with Gasteiger partial charge >= 0.3 is 0 Å². The Balaban J connectivity index is 1.44. The van der Waals surface area contributed by atoms with Crippen molar-refractivity contribution in [1.82, 2.24) is 20.4 Å². The van der Waals surface area contributed by atoms with Crippen LogP contribution < -0.4 is 10.6 Å². The summed E-state index contributed by atoms with van der Waals surface area (Å²) < 4.78 is 5.92. The number of carbonyl (C=O) groups excluding carboxylic acids is 1. The average molecular weight is 366 g/mol. The van der Waals surface area contributed by atoms with Crippen LogP contribution in [0, 0.1) is 0 Å². The molecule has 0 spiro atoms. The monoisotopic (exact) mass is 365 g/mol. The lowest BCUT2D eigenvalue weighted by Crippen LogP contribution is -2.47. The molecule has 3 fully saturated rings. The van der Waals surface area contributed by atoms with Crippen molar-refractivity contribution in [2.45, 2.75) is 69.7 Å². The van der Waals surface area contributed by atoms with Crippen molar-refractivity contribution in [3.8, 4) is 0 Å². The molecular weight excluding hydrogens is 330 g/mol. The molecule has 3 aliphatic rings. The molecule has 0 aromatic heterocycles. The largest absolute Gasteiger partial charge is 0.373 e. The summed E-state index contributed by atoms with van der Waals surface area (Å²) >= 11 is 0. The highest BCUT2D eigenvalue weighted by molar-refractivity contribution is 5.81. The summed E-state index contributed by atoms with van der Waals surface area (Å²) in [6, 6.07) is 0.457. The first-order chi connectivity index (χ1) is 12.6. The van der Waals surface area contributed by atoms with E-state index in [4.69, 9.17) is 9.73 Å². The fourth-order valence-electron chi connectivity index (χ4n) is 4.42. The summed E-state index contributed by atoms with van der Waals surface area (Å²) in [4.78, 5) is 21.0. The molecule has 2 bridgehead atoms. The molecule has 3 aliphatic heterocycles. The lowest BCUT2D eigenvalue weighted by atomic mass is 9.96. The zero-order valence-electron chi connectivity index (χ0n) is 16.5. The number of nitrogens with one attached hydrogen (secondary N) is 2. The van der Waals surface area contributed by atoms with Crippen LogP contribution in [0.1, 0.15) is 45.4 Å². The summed E-state index contributed by atoms with van der Waals surface area (Å²) in [5.41, 5.74) is 0. The van der Waals surface area contributed by atoms with Crippen LogP contribution in [0.5, 0.6) is 0 Å². The molecule has 4 unspecified atom stereocenters. The summed E-state index contributed by atoms with van der Waals surface area (Å²) in [5.74, 6) is 1.13. The molecule has 0 aromatic rings. The van der Waals surface area contributed by atoms with Crippen molar-refractivity contribution in [2.24, 2.45) is 4.99 Å². The number of likely N-dealkylation sites (N-methyl/N-ethyl adjacent to an activating group) is 1. The molecule has 148 valence electrons. The van der Waals surface area contributed by atoms with Crippen LogP contribution in [0.15, 0.2) is 4.99 Å². The fraction of sp³-hybridized carbons (Fsp3) is 0.895. The summed E-state index contributed by atoms with van der Waals surface area (Å²) in [7, 11) is 3.69. The number of amides is 1. The number of guanidine groups is 1. The maximum atomic E-state index is 12.3. The predicted molar refractivity (Wildman–Crippen MR) is 103 cm³/mol. The fourth-order valence-corrected chi connectivity index (χ4v) is 4.42. The molecule has 3 heterocycles. The molecule has 0 aliphatic carbocycles. The molecule has 1 amide bonds. The standard InChI is InChI=1S/C19H35N5O2/c1-4-20-19(22-15-13-14-8-9-17(15)26-14)21-10-6-12-24-11-5-7-16(24)18(25)23(2)3/h14-17H,4-13H2,1-3H3,(H2,20,21,22). The van der Waals surface area contributed by atoms with Gasteiger partial charge in [-0.15, -0.1) is 0 Å². The number of nitrogens with zero attached hydrogens (tertiary/aromatic N) is 3. The SMILES string of the molecule is CCNC(=NCCCN1CCCC1C(=O)N(C)C)NC1CC2CCC1O2. The third-order valence-electron chi connectivity index (χ3n) is 5.74. The van der Waals surface area contributed by atoms with Crippen molar-refractivity contribution >= 4 is 11.9 Å². The zero-order valence-corrected chi connectivity index (χ0v) is 16.5. The number of aliphatic imine (C=N–C) groups is 1. The van der Waals surface area contributed by atoms with E-state index in [2.05, 4.69) is 22.5 Å². The maximum absolute atomic E-state index is 12.3. The minimum atomic E-state index is 0.0616. The van der Waals surface area contributed by atoms with Crippen LogP contribution in [-0.4, -0.2) is 86.2 Å². The van der Waals surface area contributed by atoms with Crippen molar-refractivity contribution in [3.63, 3.8) is 0 Å². The Hall–Kier alpha value is -1.34. The Kier molecular flexibility index (Phi) is 6.75. The van der Waals surface area contributed by atoms with E-state index in [9.17, 15) is 4.79 Å². The topological polar surface area (TPSA) is 69.2 Å².